The number of likely N-dealkylation sites (tertiary alicyclic amines) is 2. The second-order valence-electron chi connectivity index (χ2n) is 7.27. The average Bonchev–Trinajstić information content (AvgIpc) is 2.99. The second-order valence-corrected chi connectivity index (χ2v) is 8.53. The van der Waals surface area contributed by atoms with Crippen LogP contribution in [0.5, 0.6) is 0 Å². The maximum atomic E-state index is 14.4. The summed E-state index contributed by atoms with van der Waals surface area (Å²) in [7, 11) is 0. The molecule has 3 rings (SSSR count). The topological polar surface area (TPSA) is 66.4 Å². The second kappa shape index (κ2) is 7.17. The van der Waals surface area contributed by atoms with Crippen LogP contribution in [0.1, 0.15) is 42.6 Å². The van der Waals surface area contributed by atoms with Gasteiger partial charge < -0.3 is 9.80 Å². The number of carbonyl (C=O) groups is 2. The van der Waals surface area contributed by atoms with E-state index in [1.807, 2.05) is 13.8 Å². The van der Waals surface area contributed by atoms with Crippen molar-refractivity contribution in [2.45, 2.75) is 51.9 Å². The molecule has 3 heterocycles. The molecule has 1 atom stereocenters. The number of hydrogen-bond acceptors (Lipinski definition) is 5. The minimum atomic E-state index is -3.04. The lowest BCUT2D eigenvalue weighted by atomic mass is 9.71. The number of piperidine rings is 2. The molecular formula is C17H24F2N4O2S. The van der Waals surface area contributed by atoms with E-state index in [1.165, 1.54) is 16.2 Å². The summed E-state index contributed by atoms with van der Waals surface area (Å²) in [6.07, 6.45) is 1.13. The minimum Gasteiger partial charge on any atom is -0.342 e. The molecule has 0 N–H and O–H groups in total. The van der Waals surface area contributed by atoms with Crippen LogP contribution >= 0.6 is 11.3 Å². The molecule has 0 radical (unpaired) electrons. The zero-order valence-corrected chi connectivity index (χ0v) is 15.9. The third kappa shape index (κ3) is 3.87. The molecule has 0 bridgehead atoms. The van der Waals surface area contributed by atoms with Crippen LogP contribution in [-0.4, -0.2) is 63.9 Å². The van der Waals surface area contributed by atoms with E-state index in [0.717, 1.165) is 10.0 Å². The maximum absolute atomic E-state index is 14.4. The van der Waals surface area contributed by atoms with Crippen molar-refractivity contribution in [3.8, 4) is 0 Å². The number of aromatic nitrogens is 2. The Morgan fingerprint density at radius 3 is 2.73 bits per heavy atom. The van der Waals surface area contributed by atoms with Crippen LogP contribution in [0.2, 0.25) is 0 Å². The average molecular weight is 386 g/mol. The van der Waals surface area contributed by atoms with Gasteiger partial charge in [-0.15, -0.1) is 21.5 Å². The molecule has 2 aliphatic rings. The number of hydrogen-bond donors (Lipinski definition) is 0. The molecule has 2 amide bonds. The van der Waals surface area contributed by atoms with Gasteiger partial charge in [-0.1, -0.05) is 0 Å². The van der Waals surface area contributed by atoms with Gasteiger partial charge in [0.25, 0.3) is 5.92 Å². The number of amides is 2. The standard InChI is InChI=1S/C17H24F2N4O2S/c1-3-22-8-4-7-16(15(22)25)9-17(18,19)11-23(10-16)14(24)6-5-13-21-20-12(2)26-13/h3-11H2,1-2H3. The van der Waals surface area contributed by atoms with Gasteiger partial charge in [0.2, 0.25) is 11.8 Å². The first-order valence-corrected chi connectivity index (χ1v) is 9.80. The summed E-state index contributed by atoms with van der Waals surface area (Å²) in [5.41, 5.74) is -1.15. The number of carbonyl (C=O) groups excluding carboxylic acids is 2. The van der Waals surface area contributed by atoms with Crippen molar-refractivity contribution in [1.82, 2.24) is 20.0 Å². The molecular weight excluding hydrogens is 362 g/mol. The van der Waals surface area contributed by atoms with E-state index < -0.39 is 24.3 Å². The lowest BCUT2D eigenvalue weighted by Gasteiger charge is -2.49. The predicted molar refractivity (Wildman–Crippen MR) is 93.0 cm³/mol. The maximum Gasteiger partial charge on any atom is 0.266 e. The molecule has 9 heteroatoms. The SMILES string of the molecule is CCN1CCCC2(CN(C(=O)CCc3nnc(C)s3)CC(F)(F)C2)C1=O. The summed E-state index contributed by atoms with van der Waals surface area (Å²) in [6.45, 7) is 4.27. The van der Waals surface area contributed by atoms with Gasteiger partial charge in [-0.25, -0.2) is 8.78 Å². The zero-order valence-electron chi connectivity index (χ0n) is 15.1. The highest BCUT2D eigenvalue weighted by Crippen LogP contribution is 2.45. The first-order chi connectivity index (χ1) is 12.2. The van der Waals surface area contributed by atoms with E-state index in [9.17, 15) is 18.4 Å². The molecule has 1 aromatic rings. The molecule has 0 aliphatic carbocycles. The summed E-state index contributed by atoms with van der Waals surface area (Å²) >= 11 is 1.40. The van der Waals surface area contributed by atoms with Gasteiger partial charge in [0.1, 0.15) is 10.0 Å². The molecule has 2 aliphatic heterocycles. The summed E-state index contributed by atoms with van der Waals surface area (Å²) in [5, 5.41) is 9.40. The van der Waals surface area contributed by atoms with Gasteiger partial charge in [0.05, 0.1) is 12.0 Å². The summed E-state index contributed by atoms with van der Waals surface area (Å²) < 4.78 is 28.9. The largest absolute Gasteiger partial charge is 0.342 e. The van der Waals surface area contributed by atoms with Crippen molar-refractivity contribution in [3.63, 3.8) is 0 Å². The number of nitrogens with zero attached hydrogens (tertiary/aromatic N) is 4. The molecule has 2 fully saturated rings. The summed E-state index contributed by atoms with van der Waals surface area (Å²) in [6, 6.07) is 0. The fourth-order valence-electron chi connectivity index (χ4n) is 4.06. The van der Waals surface area contributed by atoms with Crippen molar-refractivity contribution in [2.75, 3.05) is 26.2 Å². The highest BCUT2D eigenvalue weighted by molar-refractivity contribution is 7.11. The van der Waals surface area contributed by atoms with Crippen LogP contribution in [0.3, 0.4) is 0 Å². The van der Waals surface area contributed by atoms with Crippen molar-refractivity contribution in [3.05, 3.63) is 10.0 Å². The fraction of sp³-hybridized carbons (Fsp3) is 0.765. The van der Waals surface area contributed by atoms with E-state index >= 15 is 0 Å². The molecule has 0 saturated carbocycles. The number of rotatable bonds is 4. The first-order valence-electron chi connectivity index (χ1n) is 8.99. The number of aryl methyl sites for hydroxylation is 2. The lowest BCUT2D eigenvalue weighted by Crippen LogP contribution is -2.62. The molecule has 6 nitrogen and oxygen atoms in total. The normalized spacial score (nSPS) is 25.8. The number of alkyl halides is 2. The van der Waals surface area contributed by atoms with Crippen LogP contribution in [-0.2, 0) is 16.0 Å². The smallest absolute Gasteiger partial charge is 0.266 e. The van der Waals surface area contributed by atoms with Crippen molar-refractivity contribution in [1.29, 1.82) is 0 Å². The van der Waals surface area contributed by atoms with E-state index in [-0.39, 0.29) is 24.8 Å². The van der Waals surface area contributed by atoms with Gasteiger partial charge in [-0.3, -0.25) is 9.59 Å². The Morgan fingerprint density at radius 1 is 1.31 bits per heavy atom. The zero-order chi connectivity index (χ0) is 18.9. The molecule has 1 unspecified atom stereocenters. The quantitative estimate of drug-likeness (QED) is 0.796. The minimum absolute atomic E-state index is 0.0892. The third-order valence-corrected chi connectivity index (χ3v) is 6.09. The summed E-state index contributed by atoms with van der Waals surface area (Å²) in [5.74, 6) is -3.62. The Hall–Kier alpha value is -1.64. The molecule has 144 valence electrons. The van der Waals surface area contributed by atoms with Gasteiger partial charge in [-0.05, 0) is 26.7 Å². The van der Waals surface area contributed by atoms with Crippen LogP contribution in [0, 0.1) is 12.3 Å². The van der Waals surface area contributed by atoms with Crippen molar-refractivity contribution >= 4 is 23.2 Å². The monoisotopic (exact) mass is 386 g/mol. The van der Waals surface area contributed by atoms with E-state index in [0.29, 0.717) is 32.4 Å². The molecule has 0 aromatic carbocycles. The Morgan fingerprint density at radius 2 is 2.08 bits per heavy atom. The molecule has 2 saturated heterocycles. The van der Waals surface area contributed by atoms with Crippen molar-refractivity contribution in [2.24, 2.45) is 5.41 Å². The fourth-order valence-corrected chi connectivity index (χ4v) is 4.77. The highest BCUT2D eigenvalue weighted by Gasteiger charge is 2.55. The van der Waals surface area contributed by atoms with E-state index in [4.69, 9.17) is 0 Å². The van der Waals surface area contributed by atoms with Crippen LogP contribution in [0.15, 0.2) is 0 Å². The van der Waals surface area contributed by atoms with Gasteiger partial charge in [-0.2, -0.15) is 0 Å². The van der Waals surface area contributed by atoms with Gasteiger partial charge in [0, 0.05) is 38.9 Å². The Labute approximate surface area is 155 Å². The van der Waals surface area contributed by atoms with E-state index in [1.54, 1.807) is 4.90 Å². The van der Waals surface area contributed by atoms with Crippen LogP contribution in [0.25, 0.3) is 0 Å². The highest BCUT2D eigenvalue weighted by atomic mass is 32.1. The molecule has 1 spiro atoms. The van der Waals surface area contributed by atoms with Gasteiger partial charge >= 0.3 is 0 Å². The van der Waals surface area contributed by atoms with Crippen LogP contribution < -0.4 is 0 Å². The first kappa shape index (κ1) is 19.1. The molecule has 1 aromatic heterocycles. The summed E-state index contributed by atoms with van der Waals surface area (Å²) in [4.78, 5) is 28.2. The van der Waals surface area contributed by atoms with Crippen LogP contribution in [0.4, 0.5) is 8.78 Å². The Bertz CT molecular complexity index is 696. The number of halogens is 2. The molecule has 26 heavy (non-hydrogen) atoms. The predicted octanol–water partition coefficient (Wildman–Crippen LogP) is 2.28. The van der Waals surface area contributed by atoms with Gasteiger partial charge in [0.15, 0.2) is 0 Å². The van der Waals surface area contributed by atoms with Crippen molar-refractivity contribution < 1.29 is 18.4 Å². The lowest BCUT2D eigenvalue weighted by molar-refractivity contribution is -0.174. The third-order valence-electron chi connectivity index (χ3n) is 5.19. The van der Waals surface area contributed by atoms with E-state index in [2.05, 4.69) is 10.2 Å². The Kier molecular flexibility index (Phi) is 5.28. The Balaban J connectivity index is 1.73.